The first-order chi connectivity index (χ1) is 18.0. The number of rotatable bonds is 8. The molecular formula is C30H29N5O2. The molecule has 0 fully saturated rings. The lowest BCUT2D eigenvalue weighted by Crippen LogP contribution is -2.30. The number of amides is 1. The number of aromatic nitrogens is 4. The summed E-state index contributed by atoms with van der Waals surface area (Å²) in [5.74, 6) is 0.908. The van der Waals surface area contributed by atoms with Gasteiger partial charge in [-0.05, 0) is 47.7 Å². The zero-order valence-corrected chi connectivity index (χ0v) is 21.1. The molecule has 0 aliphatic carbocycles. The lowest BCUT2D eigenvalue weighted by atomic mass is 9.98. The maximum Gasteiger partial charge on any atom is 0.268 e. The van der Waals surface area contributed by atoms with E-state index in [-0.39, 0.29) is 17.9 Å². The van der Waals surface area contributed by atoms with Crippen LogP contribution in [0.2, 0.25) is 0 Å². The van der Waals surface area contributed by atoms with Gasteiger partial charge < -0.3 is 9.73 Å². The fourth-order valence-electron chi connectivity index (χ4n) is 4.33. The smallest absolute Gasteiger partial charge is 0.268 e. The van der Waals surface area contributed by atoms with Crippen LogP contribution in [-0.4, -0.2) is 25.9 Å². The van der Waals surface area contributed by atoms with E-state index in [2.05, 4.69) is 41.5 Å². The van der Waals surface area contributed by atoms with Gasteiger partial charge in [0.2, 0.25) is 5.89 Å². The second-order valence-corrected chi connectivity index (χ2v) is 9.32. The highest BCUT2D eigenvalue weighted by atomic mass is 16.4. The van der Waals surface area contributed by atoms with Crippen LogP contribution in [0.3, 0.4) is 0 Å². The molecule has 1 amide bonds. The Morgan fingerprint density at radius 3 is 2.32 bits per heavy atom. The molecule has 0 bridgehead atoms. The molecule has 37 heavy (non-hydrogen) atoms. The first-order valence-corrected chi connectivity index (χ1v) is 12.4. The summed E-state index contributed by atoms with van der Waals surface area (Å²) in [5.41, 5.74) is 5.16. The van der Waals surface area contributed by atoms with E-state index in [4.69, 9.17) is 9.52 Å². The Morgan fingerprint density at radius 1 is 0.919 bits per heavy atom. The molecule has 5 rings (SSSR count). The van der Waals surface area contributed by atoms with E-state index in [0.717, 1.165) is 22.5 Å². The first-order valence-electron chi connectivity index (χ1n) is 12.4. The van der Waals surface area contributed by atoms with E-state index in [1.165, 1.54) is 0 Å². The van der Waals surface area contributed by atoms with Gasteiger partial charge in [-0.3, -0.25) is 4.79 Å². The number of hydrogen-bond acceptors (Lipinski definition) is 5. The van der Waals surface area contributed by atoms with Gasteiger partial charge in [0, 0.05) is 18.2 Å². The van der Waals surface area contributed by atoms with Crippen molar-refractivity contribution in [3.05, 3.63) is 119 Å². The minimum absolute atomic E-state index is 0.141. The third-order valence-electron chi connectivity index (χ3n) is 6.22. The molecule has 1 atom stereocenters. The van der Waals surface area contributed by atoms with Gasteiger partial charge in [-0.15, -0.1) is 10.2 Å². The fraction of sp³-hybridized carbons (Fsp3) is 0.200. The minimum atomic E-state index is -0.164. The Labute approximate surface area is 216 Å². The van der Waals surface area contributed by atoms with Gasteiger partial charge in [-0.2, -0.15) is 5.10 Å². The molecule has 0 radical (unpaired) electrons. The summed E-state index contributed by atoms with van der Waals surface area (Å²) in [6.07, 6.45) is 0.694. The molecule has 3 aromatic carbocycles. The second-order valence-electron chi connectivity index (χ2n) is 9.32. The molecule has 5 aromatic rings. The van der Waals surface area contributed by atoms with Crippen LogP contribution in [-0.2, 0) is 6.42 Å². The number of carbonyl (C=O) groups excluding carboxylic acids is 1. The number of aryl methyl sites for hydroxylation is 1. The van der Waals surface area contributed by atoms with Gasteiger partial charge >= 0.3 is 0 Å². The highest BCUT2D eigenvalue weighted by molar-refractivity contribution is 5.95. The van der Waals surface area contributed by atoms with Crippen LogP contribution in [0.25, 0.3) is 17.3 Å². The molecule has 0 saturated carbocycles. The zero-order valence-electron chi connectivity index (χ0n) is 21.1. The maximum absolute atomic E-state index is 13.5. The lowest BCUT2D eigenvalue weighted by Gasteiger charge is -2.20. The minimum Gasteiger partial charge on any atom is -0.420 e. The van der Waals surface area contributed by atoms with E-state index in [9.17, 15) is 4.79 Å². The summed E-state index contributed by atoms with van der Waals surface area (Å²) in [6.45, 7) is 5.95. The summed E-state index contributed by atoms with van der Waals surface area (Å²) >= 11 is 0. The second kappa shape index (κ2) is 10.6. The number of carbonyl (C=O) groups is 1. The standard InChI is InChI=1S/C30H29N5O2/c1-20(2)28-19-27(30-33-32-21(3)37-30)34-35(28)25-16-10-15-24(18-25)29(36)31-26(23-13-8-5-9-14-23)17-22-11-6-4-7-12-22/h4-16,18-20,26H,17H2,1-3H3,(H,31,36)/t26-/m0/s1. The Balaban J connectivity index is 1.44. The molecule has 0 aliphatic heterocycles. The number of nitrogens with zero attached hydrogens (tertiary/aromatic N) is 4. The Bertz CT molecular complexity index is 1490. The summed E-state index contributed by atoms with van der Waals surface area (Å²) in [4.78, 5) is 13.5. The quantitative estimate of drug-likeness (QED) is 0.285. The van der Waals surface area contributed by atoms with Crippen LogP contribution >= 0.6 is 0 Å². The van der Waals surface area contributed by atoms with Crippen LogP contribution in [0, 0.1) is 6.92 Å². The summed E-state index contributed by atoms with van der Waals surface area (Å²) in [5, 5.41) is 16.0. The number of nitrogens with one attached hydrogen (secondary N) is 1. The number of benzene rings is 3. The van der Waals surface area contributed by atoms with Crippen molar-refractivity contribution in [1.82, 2.24) is 25.3 Å². The molecule has 1 N–H and O–H groups in total. The third kappa shape index (κ3) is 5.51. The molecule has 2 heterocycles. The summed E-state index contributed by atoms with van der Waals surface area (Å²) < 4.78 is 7.43. The lowest BCUT2D eigenvalue weighted by molar-refractivity contribution is 0.0936. The molecule has 7 nitrogen and oxygen atoms in total. The van der Waals surface area contributed by atoms with E-state index < -0.39 is 0 Å². The summed E-state index contributed by atoms with van der Waals surface area (Å²) in [6, 6.07) is 29.5. The van der Waals surface area contributed by atoms with E-state index in [1.54, 1.807) is 6.92 Å². The topological polar surface area (TPSA) is 85.8 Å². The highest BCUT2D eigenvalue weighted by Crippen LogP contribution is 2.26. The predicted molar refractivity (Wildman–Crippen MR) is 142 cm³/mol. The van der Waals surface area contributed by atoms with Crippen molar-refractivity contribution in [3.8, 4) is 17.3 Å². The highest BCUT2D eigenvalue weighted by Gasteiger charge is 2.20. The average Bonchev–Trinajstić information content (AvgIpc) is 3.56. The van der Waals surface area contributed by atoms with E-state index >= 15 is 0 Å². The molecule has 0 spiro atoms. The molecule has 0 aliphatic rings. The van der Waals surface area contributed by atoms with E-state index in [1.807, 2.05) is 83.5 Å². The van der Waals surface area contributed by atoms with Crippen LogP contribution in [0.15, 0.2) is 95.4 Å². The van der Waals surface area contributed by atoms with Crippen LogP contribution in [0.5, 0.6) is 0 Å². The van der Waals surface area contributed by atoms with E-state index in [0.29, 0.717) is 29.5 Å². The Kier molecular flexibility index (Phi) is 6.94. The van der Waals surface area contributed by atoms with Crippen molar-refractivity contribution in [2.45, 2.75) is 39.2 Å². The van der Waals surface area contributed by atoms with Crippen molar-refractivity contribution < 1.29 is 9.21 Å². The third-order valence-corrected chi connectivity index (χ3v) is 6.22. The van der Waals surface area contributed by atoms with Gasteiger partial charge in [-0.1, -0.05) is 80.6 Å². The van der Waals surface area contributed by atoms with Gasteiger partial charge in [0.15, 0.2) is 0 Å². The SMILES string of the molecule is Cc1nnc(-c2cc(C(C)C)n(-c3cccc(C(=O)N[C@@H](Cc4ccccc4)c4ccccc4)c3)n2)o1. The van der Waals surface area contributed by atoms with Gasteiger partial charge in [0.25, 0.3) is 11.8 Å². The predicted octanol–water partition coefficient (Wildman–Crippen LogP) is 6.07. The Morgan fingerprint density at radius 2 is 1.65 bits per heavy atom. The van der Waals surface area contributed by atoms with Crippen LogP contribution in [0.1, 0.15) is 58.9 Å². The van der Waals surface area contributed by atoms with Crippen molar-refractivity contribution in [3.63, 3.8) is 0 Å². The van der Waals surface area contributed by atoms with Gasteiger partial charge in [0.1, 0.15) is 5.69 Å². The molecular weight excluding hydrogens is 462 g/mol. The molecule has 7 heteroatoms. The zero-order chi connectivity index (χ0) is 25.8. The normalized spacial score (nSPS) is 12.0. The monoisotopic (exact) mass is 491 g/mol. The molecule has 2 aromatic heterocycles. The fourth-order valence-corrected chi connectivity index (χ4v) is 4.33. The summed E-state index contributed by atoms with van der Waals surface area (Å²) in [7, 11) is 0. The molecule has 0 saturated heterocycles. The van der Waals surface area contributed by atoms with Crippen molar-refractivity contribution in [2.75, 3.05) is 0 Å². The number of hydrogen-bond donors (Lipinski definition) is 1. The van der Waals surface area contributed by atoms with Crippen molar-refractivity contribution >= 4 is 5.91 Å². The van der Waals surface area contributed by atoms with Gasteiger partial charge in [-0.25, -0.2) is 4.68 Å². The van der Waals surface area contributed by atoms with Gasteiger partial charge in [0.05, 0.1) is 11.7 Å². The van der Waals surface area contributed by atoms with Crippen LogP contribution < -0.4 is 5.32 Å². The average molecular weight is 492 g/mol. The van der Waals surface area contributed by atoms with Crippen molar-refractivity contribution in [2.24, 2.45) is 0 Å². The van der Waals surface area contributed by atoms with Crippen LogP contribution in [0.4, 0.5) is 0 Å². The molecule has 186 valence electrons. The maximum atomic E-state index is 13.5. The molecule has 0 unspecified atom stereocenters. The van der Waals surface area contributed by atoms with Crippen molar-refractivity contribution in [1.29, 1.82) is 0 Å². The first kappa shape index (κ1) is 24.2. The largest absolute Gasteiger partial charge is 0.420 e. The Hall–Kier alpha value is -4.52.